The molecule has 2 heterocycles. The Morgan fingerprint density at radius 3 is 2.92 bits per heavy atom. The molecule has 0 aliphatic heterocycles. The Morgan fingerprint density at radius 2 is 2.17 bits per heavy atom. The lowest BCUT2D eigenvalue weighted by molar-refractivity contribution is 0.308. The van der Waals surface area contributed by atoms with Gasteiger partial charge in [0.2, 0.25) is 0 Å². The first-order chi connectivity index (χ1) is 11.7. The van der Waals surface area contributed by atoms with Gasteiger partial charge in [0.25, 0.3) is 0 Å². The van der Waals surface area contributed by atoms with Crippen LogP contribution in [0.3, 0.4) is 0 Å². The standard InChI is InChI=1S/C19H23N3OS/c1-4-22(5-2)12-11-20-15-9-8-13(3)18-16(15)17(23)14-7-6-10-21-19(14)24-18/h6-7,9-10,20H,3-5,8,11-12H2,1-2H3. The molecule has 2 aromatic rings. The van der Waals surface area contributed by atoms with Crippen LogP contribution in [-0.2, 0) is 0 Å². The van der Waals surface area contributed by atoms with Gasteiger partial charge in [-0.1, -0.05) is 26.5 Å². The second-order valence-corrected chi connectivity index (χ2v) is 6.87. The van der Waals surface area contributed by atoms with Crippen molar-refractivity contribution < 1.29 is 0 Å². The Balaban J connectivity index is 1.94. The summed E-state index contributed by atoms with van der Waals surface area (Å²) in [6, 6.07) is 3.67. The van der Waals surface area contributed by atoms with Crippen molar-refractivity contribution in [1.82, 2.24) is 15.2 Å². The number of fused-ring (bicyclic) bond motifs is 2. The average Bonchev–Trinajstić information content (AvgIpc) is 2.61. The van der Waals surface area contributed by atoms with Gasteiger partial charge in [-0.05, 0) is 37.2 Å². The lowest BCUT2D eigenvalue weighted by atomic mass is 9.97. The van der Waals surface area contributed by atoms with Crippen molar-refractivity contribution >= 4 is 32.8 Å². The molecule has 3 rings (SSSR count). The van der Waals surface area contributed by atoms with Crippen molar-refractivity contribution in [2.45, 2.75) is 20.3 Å². The molecule has 0 unspecified atom stereocenters. The van der Waals surface area contributed by atoms with Crippen molar-refractivity contribution in [3.05, 3.63) is 51.6 Å². The van der Waals surface area contributed by atoms with Crippen LogP contribution < -0.4 is 10.7 Å². The number of rotatable bonds is 6. The van der Waals surface area contributed by atoms with Crippen LogP contribution in [0.15, 0.2) is 35.8 Å². The van der Waals surface area contributed by atoms with Gasteiger partial charge in [0, 0.05) is 29.9 Å². The van der Waals surface area contributed by atoms with E-state index in [1.54, 1.807) is 17.5 Å². The van der Waals surface area contributed by atoms with Crippen LogP contribution in [-0.4, -0.2) is 36.1 Å². The second kappa shape index (κ2) is 7.28. The third kappa shape index (κ3) is 3.14. The summed E-state index contributed by atoms with van der Waals surface area (Å²) in [5.74, 6) is 0. The maximum atomic E-state index is 13.0. The molecule has 1 N–H and O–H groups in total. The van der Waals surface area contributed by atoms with Gasteiger partial charge in [-0.3, -0.25) is 4.79 Å². The molecule has 0 bridgehead atoms. The predicted molar refractivity (Wildman–Crippen MR) is 103 cm³/mol. The summed E-state index contributed by atoms with van der Waals surface area (Å²) < 4.78 is 0. The topological polar surface area (TPSA) is 45.2 Å². The molecule has 1 aliphatic rings. The molecule has 1 aliphatic carbocycles. The molecule has 0 spiro atoms. The molecule has 0 amide bonds. The maximum Gasteiger partial charge on any atom is 0.199 e. The minimum atomic E-state index is 0.0503. The van der Waals surface area contributed by atoms with Crippen LogP contribution in [0.25, 0.3) is 21.5 Å². The first-order valence-electron chi connectivity index (χ1n) is 8.42. The molecule has 126 valence electrons. The highest BCUT2D eigenvalue weighted by molar-refractivity contribution is 7.19. The molecule has 4 nitrogen and oxygen atoms in total. The van der Waals surface area contributed by atoms with E-state index in [2.05, 4.69) is 41.7 Å². The van der Waals surface area contributed by atoms with Gasteiger partial charge in [-0.15, -0.1) is 11.3 Å². The van der Waals surface area contributed by atoms with Crippen LogP contribution in [0.4, 0.5) is 0 Å². The molecular formula is C19H23N3OS. The first-order valence-corrected chi connectivity index (χ1v) is 9.24. The fourth-order valence-electron chi connectivity index (χ4n) is 2.99. The Labute approximate surface area is 146 Å². The van der Waals surface area contributed by atoms with Gasteiger partial charge in [0.15, 0.2) is 5.43 Å². The van der Waals surface area contributed by atoms with E-state index in [-0.39, 0.29) is 5.43 Å². The fourth-order valence-corrected chi connectivity index (χ4v) is 4.10. The number of likely N-dealkylation sites (N-methyl/N-ethyl adjacent to an activating group) is 1. The number of hydrogen-bond acceptors (Lipinski definition) is 5. The number of pyridine rings is 1. The SMILES string of the molecule is C=C1CC=C(NCCN(CC)CC)c2c1sc1ncccc1c2=O. The largest absolute Gasteiger partial charge is 0.383 e. The van der Waals surface area contributed by atoms with Crippen LogP contribution in [0, 0.1) is 0 Å². The summed E-state index contributed by atoms with van der Waals surface area (Å²) in [5, 5.41) is 4.15. The Hall–Kier alpha value is -1.98. The molecular weight excluding hydrogens is 318 g/mol. The summed E-state index contributed by atoms with van der Waals surface area (Å²) in [6.07, 6.45) is 4.59. The molecule has 0 aromatic carbocycles. The lowest BCUT2D eigenvalue weighted by Gasteiger charge is -2.22. The Kier molecular flexibility index (Phi) is 5.11. The minimum absolute atomic E-state index is 0.0503. The molecule has 2 aromatic heterocycles. The maximum absolute atomic E-state index is 13.0. The van der Waals surface area contributed by atoms with Crippen molar-refractivity contribution in [2.75, 3.05) is 26.2 Å². The van der Waals surface area contributed by atoms with E-state index in [0.29, 0.717) is 5.39 Å². The zero-order valence-electron chi connectivity index (χ0n) is 14.3. The lowest BCUT2D eigenvalue weighted by Crippen LogP contribution is -2.32. The third-order valence-corrected chi connectivity index (χ3v) is 5.67. The van der Waals surface area contributed by atoms with E-state index in [4.69, 9.17) is 0 Å². The minimum Gasteiger partial charge on any atom is -0.383 e. The zero-order valence-corrected chi connectivity index (χ0v) is 15.1. The molecule has 5 heteroatoms. The summed E-state index contributed by atoms with van der Waals surface area (Å²) >= 11 is 1.56. The van der Waals surface area contributed by atoms with Gasteiger partial charge in [-0.2, -0.15) is 0 Å². The van der Waals surface area contributed by atoms with Crippen molar-refractivity contribution in [3.63, 3.8) is 0 Å². The smallest absolute Gasteiger partial charge is 0.199 e. The van der Waals surface area contributed by atoms with Crippen molar-refractivity contribution in [1.29, 1.82) is 0 Å². The van der Waals surface area contributed by atoms with E-state index >= 15 is 0 Å². The summed E-state index contributed by atoms with van der Waals surface area (Å²) in [6.45, 7) is 12.3. The van der Waals surface area contributed by atoms with Crippen molar-refractivity contribution in [2.24, 2.45) is 0 Å². The predicted octanol–water partition coefficient (Wildman–Crippen LogP) is 3.35. The van der Waals surface area contributed by atoms with E-state index in [1.165, 1.54) is 0 Å². The number of nitrogens with zero attached hydrogens (tertiary/aromatic N) is 2. The number of hydrogen-bond donors (Lipinski definition) is 1. The van der Waals surface area contributed by atoms with Crippen LogP contribution in [0.1, 0.15) is 30.7 Å². The van der Waals surface area contributed by atoms with Crippen molar-refractivity contribution in [3.8, 4) is 0 Å². The Bertz CT molecular complexity index is 849. The van der Waals surface area contributed by atoms with Crippen LogP contribution >= 0.6 is 11.3 Å². The second-order valence-electron chi connectivity index (χ2n) is 5.87. The van der Waals surface area contributed by atoms with Crippen LogP contribution in [0.5, 0.6) is 0 Å². The average molecular weight is 341 g/mol. The highest BCUT2D eigenvalue weighted by Gasteiger charge is 2.21. The highest BCUT2D eigenvalue weighted by atomic mass is 32.1. The van der Waals surface area contributed by atoms with E-state index in [0.717, 1.165) is 59.1 Å². The number of allylic oxidation sites excluding steroid dienone is 2. The van der Waals surface area contributed by atoms with E-state index in [1.807, 2.05) is 12.1 Å². The van der Waals surface area contributed by atoms with Gasteiger partial charge in [0.1, 0.15) is 4.83 Å². The van der Waals surface area contributed by atoms with E-state index < -0.39 is 0 Å². The van der Waals surface area contributed by atoms with Gasteiger partial charge < -0.3 is 10.2 Å². The number of nitrogens with one attached hydrogen (secondary N) is 1. The highest BCUT2D eigenvalue weighted by Crippen LogP contribution is 2.34. The summed E-state index contributed by atoms with van der Waals surface area (Å²) in [7, 11) is 0. The first kappa shape index (κ1) is 16.9. The molecule has 0 atom stereocenters. The molecule has 0 fully saturated rings. The Morgan fingerprint density at radius 1 is 1.38 bits per heavy atom. The summed E-state index contributed by atoms with van der Waals surface area (Å²) in [4.78, 5) is 21.4. The zero-order chi connectivity index (χ0) is 17.1. The molecule has 0 saturated carbocycles. The summed E-state index contributed by atoms with van der Waals surface area (Å²) in [5.41, 5.74) is 2.75. The quantitative estimate of drug-likeness (QED) is 0.875. The third-order valence-electron chi connectivity index (χ3n) is 4.45. The van der Waals surface area contributed by atoms with Gasteiger partial charge >= 0.3 is 0 Å². The molecule has 24 heavy (non-hydrogen) atoms. The fraction of sp³-hybridized carbons (Fsp3) is 0.368. The van der Waals surface area contributed by atoms with Gasteiger partial charge in [0.05, 0.1) is 10.9 Å². The monoisotopic (exact) mass is 341 g/mol. The molecule has 0 saturated heterocycles. The van der Waals surface area contributed by atoms with Crippen LogP contribution in [0.2, 0.25) is 0 Å². The van der Waals surface area contributed by atoms with Gasteiger partial charge in [-0.25, -0.2) is 4.98 Å². The number of aromatic nitrogens is 1. The van der Waals surface area contributed by atoms with E-state index in [9.17, 15) is 4.79 Å². The molecule has 0 radical (unpaired) electrons. The normalized spacial score (nSPS) is 14.0.